The smallest absolute Gasteiger partial charge is 0.335 e. The molecule has 7 nitrogen and oxygen atoms in total. The van der Waals surface area contributed by atoms with E-state index in [9.17, 15) is 19.5 Å². The zero-order chi connectivity index (χ0) is 25.0. The Hall–Kier alpha value is -2.41. The minimum Gasteiger partial charge on any atom is -0.478 e. The molecule has 4 rings (SSSR count). The van der Waals surface area contributed by atoms with E-state index in [2.05, 4.69) is 5.32 Å². The number of hydrogen-bond acceptors (Lipinski definition) is 4. The number of ether oxygens (including phenoxy) is 1. The maximum absolute atomic E-state index is 13.4. The lowest BCUT2D eigenvalue weighted by atomic mass is 9.59. The second kappa shape index (κ2) is 11.1. The van der Waals surface area contributed by atoms with E-state index in [0.717, 1.165) is 18.4 Å². The Morgan fingerprint density at radius 2 is 1.80 bits per heavy atom. The molecule has 1 aromatic rings. The number of carboxylic acids is 1. The zero-order valence-electron chi connectivity index (χ0n) is 21.1. The van der Waals surface area contributed by atoms with E-state index in [1.54, 1.807) is 18.2 Å². The summed E-state index contributed by atoms with van der Waals surface area (Å²) in [7, 11) is 0. The molecule has 3 aliphatic rings. The highest BCUT2D eigenvalue weighted by Crippen LogP contribution is 2.52. The Labute approximate surface area is 208 Å². The topological polar surface area (TPSA) is 95.9 Å². The highest BCUT2D eigenvalue weighted by Gasteiger charge is 2.40. The van der Waals surface area contributed by atoms with Crippen molar-refractivity contribution in [3.8, 4) is 0 Å². The summed E-state index contributed by atoms with van der Waals surface area (Å²) in [6.45, 7) is 5.12. The van der Waals surface area contributed by atoms with Gasteiger partial charge in [-0.1, -0.05) is 18.6 Å². The summed E-state index contributed by atoms with van der Waals surface area (Å²) in [5, 5.41) is 12.1. The van der Waals surface area contributed by atoms with Gasteiger partial charge in [0.05, 0.1) is 11.7 Å². The number of piperidine rings is 1. The van der Waals surface area contributed by atoms with E-state index in [1.165, 1.54) is 51.9 Å². The molecule has 1 saturated heterocycles. The van der Waals surface area contributed by atoms with Crippen LogP contribution in [0.4, 0.5) is 0 Å². The van der Waals surface area contributed by atoms with Crippen molar-refractivity contribution in [3.63, 3.8) is 0 Å². The van der Waals surface area contributed by atoms with Gasteiger partial charge in [0.15, 0.2) is 0 Å². The van der Waals surface area contributed by atoms with E-state index in [1.807, 2.05) is 17.9 Å². The zero-order valence-corrected chi connectivity index (χ0v) is 21.1. The molecule has 7 heteroatoms. The third-order valence-corrected chi connectivity index (χ3v) is 8.68. The van der Waals surface area contributed by atoms with Crippen LogP contribution in [0.3, 0.4) is 0 Å². The number of carbonyl (C=O) groups is 3. The number of carbonyl (C=O) groups excluding carboxylic acids is 2. The molecule has 0 radical (unpaired) electrons. The number of nitrogens with one attached hydrogen (secondary N) is 1. The van der Waals surface area contributed by atoms with Gasteiger partial charge in [-0.3, -0.25) is 9.59 Å². The predicted molar refractivity (Wildman–Crippen MR) is 133 cm³/mol. The molecule has 1 heterocycles. The largest absolute Gasteiger partial charge is 0.478 e. The van der Waals surface area contributed by atoms with Crippen LogP contribution in [0.5, 0.6) is 0 Å². The Morgan fingerprint density at radius 1 is 1.11 bits per heavy atom. The molecule has 2 saturated carbocycles. The van der Waals surface area contributed by atoms with Gasteiger partial charge in [-0.2, -0.15) is 0 Å². The molecule has 0 bridgehead atoms. The fraction of sp³-hybridized carbons (Fsp3) is 0.679. The van der Waals surface area contributed by atoms with Crippen LogP contribution in [0.1, 0.15) is 93.5 Å². The first-order chi connectivity index (χ1) is 16.8. The molecule has 3 fully saturated rings. The van der Waals surface area contributed by atoms with Crippen molar-refractivity contribution in [2.24, 2.45) is 11.3 Å². The lowest BCUT2D eigenvalue weighted by molar-refractivity contribution is -0.141. The van der Waals surface area contributed by atoms with Gasteiger partial charge in [0.25, 0.3) is 0 Å². The summed E-state index contributed by atoms with van der Waals surface area (Å²) in [6.07, 6.45) is 10.3. The van der Waals surface area contributed by atoms with Crippen LogP contribution in [0.2, 0.25) is 0 Å². The summed E-state index contributed by atoms with van der Waals surface area (Å²) in [4.78, 5) is 38.4. The average molecular weight is 485 g/mol. The quantitative estimate of drug-likeness (QED) is 0.572. The first-order valence-electron chi connectivity index (χ1n) is 13.3. The number of hydrogen-bond donors (Lipinski definition) is 2. The standard InChI is InChI=1S/C28H40N2O5/c1-19(35-18-21-7-13-28(14-8-21)11-4-12-28)25(29-20(2)31)26(32)30-15-9-22(10-16-30)23-5-3-6-24(17-23)27(33)34/h3,5-6,17,19,21-22,25H,4,7-16,18H2,1-2H3,(H,29,31)(H,33,34). The minimum atomic E-state index is -0.928. The Kier molecular flexibility index (Phi) is 8.15. The monoisotopic (exact) mass is 484 g/mol. The van der Waals surface area contributed by atoms with Crippen LogP contribution in [-0.4, -0.2) is 59.6 Å². The summed E-state index contributed by atoms with van der Waals surface area (Å²) in [5.41, 5.74) is 1.92. The number of aromatic carboxylic acids is 1. The Balaban J connectivity index is 1.30. The van der Waals surface area contributed by atoms with E-state index >= 15 is 0 Å². The van der Waals surface area contributed by atoms with Gasteiger partial charge in [0.1, 0.15) is 6.04 Å². The summed E-state index contributed by atoms with van der Waals surface area (Å²) < 4.78 is 6.18. The molecule has 2 amide bonds. The van der Waals surface area contributed by atoms with Gasteiger partial charge in [-0.15, -0.1) is 0 Å². The van der Waals surface area contributed by atoms with Gasteiger partial charge in [0.2, 0.25) is 11.8 Å². The van der Waals surface area contributed by atoms with E-state index in [0.29, 0.717) is 36.6 Å². The first-order valence-corrected chi connectivity index (χ1v) is 13.3. The molecule has 1 aliphatic heterocycles. The number of rotatable bonds is 8. The average Bonchev–Trinajstić information content (AvgIpc) is 2.85. The van der Waals surface area contributed by atoms with Crippen molar-refractivity contribution in [2.75, 3.05) is 19.7 Å². The fourth-order valence-electron chi connectivity index (χ4n) is 6.17. The van der Waals surface area contributed by atoms with Crippen LogP contribution in [0.15, 0.2) is 24.3 Å². The molecular formula is C28H40N2O5. The predicted octanol–water partition coefficient (Wildman–Crippen LogP) is 4.36. The summed E-state index contributed by atoms with van der Waals surface area (Å²) in [6, 6.07) is 6.38. The van der Waals surface area contributed by atoms with E-state index in [-0.39, 0.29) is 17.7 Å². The Morgan fingerprint density at radius 3 is 2.37 bits per heavy atom. The number of likely N-dealkylation sites (tertiary alicyclic amines) is 1. The SMILES string of the molecule is CC(=O)NC(C(=O)N1CCC(c2cccc(C(=O)O)c2)CC1)C(C)OCC1CCC2(CCC2)CC1. The van der Waals surface area contributed by atoms with Crippen molar-refractivity contribution >= 4 is 17.8 Å². The van der Waals surface area contributed by atoms with Crippen LogP contribution in [-0.2, 0) is 14.3 Å². The molecule has 1 aromatic carbocycles. The second-order valence-electron chi connectivity index (χ2n) is 11.0. The summed E-state index contributed by atoms with van der Waals surface area (Å²) in [5.74, 6) is -0.501. The number of amides is 2. The van der Waals surface area contributed by atoms with Gasteiger partial charge < -0.3 is 20.1 Å². The molecule has 192 valence electrons. The number of benzene rings is 1. The molecular weight excluding hydrogens is 444 g/mol. The fourth-order valence-corrected chi connectivity index (χ4v) is 6.17. The van der Waals surface area contributed by atoms with Crippen LogP contribution in [0.25, 0.3) is 0 Å². The Bertz CT molecular complexity index is 910. The lowest BCUT2D eigenvalue weighted by Crippen LogP contribution is -2.55. The van der Waals surface area contributed by atoms with Crippen LogP contribution >= 0.6 is 0 Å². The van der Waals surface area contributed by atoms with Crippen LogP contribution < -0.4 is 5.32 Å². The van der Waals surface area contributed by atoms with Gasteiger partial charge >= 0.3 is 5.97 Å². The third-order valence-electron chi connectivity index (χ3n) is 8.68. The van der Waals surface area contributed by atoms with Crippen molar-refractivity contribution in [1.82, 2.24) is 10.2 Å². The van der Waals surface area contributed by atoms with E-state index < -0.39 is 18.1 Å². The van der Waals surface area contributed by atoms with Crippen molar-refractivity contribution in [2.45, 2.75) is 89.7 Å². The molecule has 2 unspecified atom stereocenters. The van der Waals surface area contributed by atoms with Crippen molar-refractivity contribution in [3.05, 3.63) is 35.4 Å². The van der Waals surface area contributed by atoms with Crippen LogP contribution in [0, 0.1) is 11.3 Å². The molecule has 35 heavy (non-hydrogen) atoms. The highest BCUT2D eigenvalue weighted by molar-refractivity contribution is 5.88. The summed E-state index contributed by atoms with van der Waals surface area (Å²) >= 11 is 0. The molecule has 2 atom stereocenters. The normalized spacial score (nSPS) is 22.3. The molecule has 2 N–H and O–H groups in total. The van der Waals surface area contributed by atoms with Gasteiger partial charge in [-0.25, -0.2) is 4.79 Å². The van der Waals surface area contributed by atoms with Gasteiger partial charge in [-0.05, 0) is 93.2 Å². The van der Waals surface area contributed by atoms with E-state index in [4.69, 9.17) is 4.74 Å². The number of nitrogens with zero attached hydrogens (tertiary/aromatic N) is 1. The van der Waals surface area contributed by atoms with Crippen molar-refractivity contribution in [1.29, 1.82) is 0 Å². The maximum Gasteiger partial charge on any atom is 0.335 e. The third kappa shape index (κ3) is 6.24. The maximum atomic E-state index is 13.4. The number of carboxylic acid groups (broad SMARTS) is 1. The second-order valence-corrected chi connectivity index (χ2v) is 11.0. The van der Waals surface area contributed by atoms with Crippen molar-refractivity contribution < 1.29 is 24.2 Å². The highest BCUT2D eigenvalue weighted by atomic mass is 16.5. The first kappa shape index (κ1) is 25.7. The minimum absolute atomic E-state index is 0.0949. The van der Waals surface area contributed by atoms with Gasteiger partial charge in [0, 0.05) is 26.6 Å². The molecule has 0 aromatic heterocycles. The molecule has 2 aliphatic carbocycles. The molecule has 1 spiro atoms. The lowest BCUT2D eigenvalue weighted by Gasteiger charge is -2.47.